The Hall–Kier alpha value is -1.82. The minimum absolute atomic E-state index is 0.198. The summed E-state index contributed by atoms with van der Waals surface area (Å²) in [5, 5.41) is 2.92. The highest BCUT2D eigenvalue weighted by Gasteiger charge is 2.34. The van der Waals surface area contributed by atoms with E-state index < -0.39 is 17.6 Å². The lowest BCUT2D eigenvalue weighted by Crippen LogP contribution is -2.14. The van der Waals surface area contributed by atoms with Crippen LogP contribution in [0.5, 0.6) is 0 Å². The quantitative estimate of drug-likeness (QED) is 0.859. The van der Waals surface area contributed by atoms with Gasteiger partial charge in [0, 0.05) is 6.54 Å². The molecule has 2 nitrogen and oxygen atoms in total. The molecular weight excluding hydrogens is 262 g/mol. The zero-order chi connectivity index (χ0) is 13.9. The molecule has 0 saturated carbocycles. The van der Waals surface area contributed by atoms with Crippen molar-refractivity contribution in [3.05, 3.63) is 59.3 Å². The normalized spacial score (nSPS) is 11.8. The van der Waals surface area contributed by atoms with Crippen molar-refractivity contribution >= 4 is 0 Å². The third kappa shape index (κ3) is 3.57. The predicted octanol–water partition coefficient (Wildman–Crippen LogP) is 3.73. The van der Waals surface area contributed by atoms with Crippen molar-refractivity contribution in [1.82, 2.24) is 5.32 Å². The summed E-state index contributed by atoms with van der Waals surface area (Å²) in [6.07, 6.45) is -3.17. The van der Waals surface area contributed by atoms with Crippen LogP contribution in [0.3, 0.4) is 0 Å². The molecule has 102 valence electrons. The van der Waals surface area contributed by atoms with Crippen LogP contribution in [-0.2, 0) is 19.3 Å². The van der Waals surface area contributed by atoms with Crippen LogP contribution < -0.4 is 5.32 Å². The molecular formula is C13H11F4NO. The largest absolute Gasteiger partial charge is 0.468 e. The maximum Gasteiger partial charge on any atom is 0.419 e. The molecule has 0 unspecified atom stereocenters. The molecule has 0 radical (unpaired) electrons. The molecule has 0 atom stereocenters. The molecule has 1 heterocycles. The van der Waals surface area contributed by atoms with Crippen molar-refractivity contribution in [2.75, 3.05) is 0 Å². The van der Waals surface area contributed by atoms with Gasteiger partial charge in [-0.2, -0.15) is 13.2 Å². The monoisotopic (exact) mass is 273 g/mol. The summed E-state index contributed by atoms with van der Waals surface area (Å²) in [5.74, 6) is -0.583. The number of furan rings is 1. The van der Waals surface area contributed by atoms with Crippen molar-refractivity contribution in [3.8, 4) is 0 Å². The Labute approximate surface area is 107 Å². The third-order valence-corrected chi connectivity index (χ3v) is 2.54. The Morgan fingerprint density at radius 3 is 2.53 bits per heavy atom. The van der Waals surface area contributed by atoms with Crippen LogP contribution in [0.15, 0.2) is 41.0 Å². The molecule has 0 aliphatic rings. The highest BCUT2D eigenvalue weighted by Crippen LogP contribution is 2.31. The maximum absolute atomic E-state index is 13.1. The van der Waals surface area contributed by atoms with Crippen LogP contribution in [-0.4, -0.2) is 0 Å². The van der Waals surface area contributed by atoms with Gasteiger partial charge in [0.25, 0.3) is 0 Å². The van der Waals surface area contributed by atoms with Gasteiger partial charge in [-0.05, 0) is 29.8 Å². The average Bonchev–Trinajstić information content (AvgIpc) is 2.83. The molecule has 1 N–H and O–H groups in total. The molecule has 0 bridgehead atoms. The summed E-state index contributed by atoms with van der Waals surface area (Å²) >= 11 is 0. The van der Waals surface area contributed by atoms with E-state index in [1.807, 2.05) is 0 Å². The first-order chi connectivity index (χ1) is 8.97. The van der Waals surface area contributed by atoms with Gasteiger partial charge >= 0.3 is 6.18 Å². The van der Waals surface area contributed by atoms with Crippen molar-refractivity contribution in [1.29, 1.82) is 0 Å². The molecule has 1 aromatic carbocycles. The first-order valence-electron chi connectivity index (χ1n) is 5.55. The molecule has 0 fully saturated rings. The number of hydrogen-bond donors (Lipinski definition) is 1. The van der Waals surface area contributed by atoms with Gasteiger partial charge in [0.15, 0.2) is 0 Å². The lowest BCUT2D eigenvalue weighted by molar-refractivity contribution is -0.140. The molecule has 0 aliphatic heterocycles. The van der Waals surface area contributed by atoms with Crippen LogP contribution in [0.4, 0.5) is 17.6 Å². The second-order valence-electron chi connectivity index (χ2n) is 3.99. The van der Waals surface area contributed by atoms with E-state index in [0.29, 0.717) is 17.9 Å². The number of alkyl halides is 3. The fraction of sp³-hybridized carbons (Fsp3) is 0.231. The number of nitrogens with one attached hydrogen (secondary N) is 1. The van der Waals surface area contributed by atoms with Crippen LogP contribution >= 0.6 is 0 Å². The summed E-state index contributed by atoms with van der Waals surface area (Å²) in [5.41, 5.74) is -0.884. The number of hydrogen-bond acceptors (Lipinski definition) is 2. The number of rotatable bonds is 4. The summed E-state index contributed by atoms with van der Waals surface area (Å²) in [6, 6.07) is 6.42. The Bertz CT molecular complexity index is 534. The van der Waals surface area contributed by atoms with E-state index in [0.717, 1.165) is 12.1 Å². The van der Waals surface area contributed by atoms with Gasteiger partial charge in [0.2, 0.25) is 0 Å². The van der Waals surface area contributed by atoms with E-state index in [-0.39, 0.29) is 6.54 Å². The predicted molar refractivity (Wildman–Crippen MR) is 60.7 cm³/mol. The van der Waals surface area contributed by atoms with Crippen LogP contribution in [0.1, 0.15) is 16.9 Å². The fourth-order valence-corrected chi connectivity index (χ4v) is 1.64. The zero-order valence-corrected chi connectivity index (χ0v) is 9.80. The van der Waals surface area contributed by atoms with Crippen molar-refractivity contribution in [2.45, 2.75) is 19.3 Å². The van der Waals surface area contributed by atoms with Gasteiger partial charge in [-0.25, -0.2) is 4.39 Å². The Morgan fingerprint density at radius 2 is 1.89 bits per heavy atom. The molecule has 2 aromatic rings. The lowest BCUT2D eigenvalue weighted by atomic mass is 10.1. The number of benzene rings is 1. The van der Waals surface area contributed by atoms with Gasteiger partial charge in [-0.15, -0.1) is 0 Å². The Kier molecular flexibility index (Phi) is 3.90. The van der Waals surface area contributed by atoms with E-state index in [1.165, 1.54) is 12.3 Å². The van der Waals surface area contributed by atoms with E-state index in [1.54, 1.807) is 12.1 Å². The summed E-state index contributed by atoms with van der Waals surface area (Å²) in [6.45, 7) is 0.593. The topological polar surface area (TPSA) is 25.2 Å². The molecule has 1 aromatic heterocycles. The van der Waals surface area contributed by atoms with Gasteiger partial charge < -0.3 is 9.73 Å². The number of halogens is 4. The second-order valence-corrected chi connectivity index (χ2v) is 3.99. The van der Waals surface area contributed by atoms with Gasteiger partial charge in [0.1, 0.15) is 11.6 Å². The molecule has 6 heteroatoms. The van der Waals surface area contributed by atoms with Crippen molar-refractivity contribution in [3.63, 3.8) is 0 Å². The second kappa shape index (κ2) is 5.44. The van der Waals surface area contributed by atoms with E-state index >= 15 is 0 Å². The Balaban J connectivity index is 2.01. The molecule has 19 heavy (non-hydrogen) atoms. The lowest BCUT2D eigenvalue weighted by Gasteiger charge is -2.10. The van der Waals surface area contributed by atoms with E-state index in [4.69, 9.17) is 4.42 Å². The Morgan fingerprint density at radius 1 is 1.11 bits per heavy atom. The first kappa shape index (κ1) is 13.6. The highest BCUT2D eigenvalue weighted by molar-refractivity contribution is 5.27. The SMILES string of the molecule is Fc1ccc(CNCc2ccco2)cc1C(F)(F)F. The smallest absolute Gasteiger partial charge is 0.419 e. The van der Waals surface area contributed by atoms with Crippen LogP contribution in [0.2, 0.25) is 0 Å². The van der Waals surface area contributed by atoms with E-state index in [2.05, 4.69) is 5.32 Å². The molecule has 2 rings (SSSR count). The van der Waals surface area contributed by atoms with Gasteiger partial charge in [0.05, 0.1) is 18.4 Å². The maximum atomic E-state index is 13.1. The standard InChI is InChI=1S/C13H11F4NO/c14-12-4-3-9(6-11(12)13(15,16)17)7-18-8-10-2-1-5-19-10/h1-6,18H,7-8H2. The van der Waals surface area contributed by atoms with Crippen LogP contribution in [0, 0.1) is 5.82 Å². The first-order valence-corrected chi connectivity index (χ1v) is 5.55. The molecule has 0 spiro atoms. The minimum Gasteiger partial charge on any atom is -0.468 e. The van der Waals surface area contributed by atoms with E-state index in [9.17, 15) is 17.6 Å². The van der Waals surface area contributed by atoms with Gasteiger partial charge in [-0.3, -0.25) is 0 Å². The summed E-state index contributed by atoms with van der Waals surface area (Å²) < 4.78 is 55.6. The summed E-state index contributed by atoms with van der Waals surface area (Å²) in [7, 11) is 0. The molecule has 0 saturated heterocycles. The average molecular weight is 273 g/mol. The zero-order valence-electron chi connectivity index (χ0n) is 9.80. The minimum atomic E-state index is -4.68. The molecule has 0 aliphatic carbocycles. The van der Waals surface area contributed by atoms with Crippen LogP contribution in [0.25, 0.3) is 0 Å². The fourth-order valence-electron chi connectivity index (χ4n) is 1.64. The highest BCUT2D eigenvalue weighted by atomic mass is 19.4. The van der Waals surface area contributed by atoms with Crippen molar-refractivity contribution in [2.24, 2.45) is 0 Å². The molecule has 0 amide bonds. The third-order valence-electron chi connectivity index (χ3n) is 2.54. The van der Waals surface area contributed by atoms with Gasteiger partial charge in [-0.1, -0.05) is 6.07 Å². The summed E-state index contributed by atoms with van der Waals surface area (Å²) in [4.78, 5) is 0. The van der Waals surface area contributed by atoms with Crippen molar-refractivity contribution < 1.29 is 22.0 Å².